The Labute approximate surface area is 104 Å². The maximum atomic E-state index is 12.0. The van der Waals surface area contributed by atoms with Crippen LogP contribution in [0, 0.1) is 0 Å². The zero-order chi connectivity index (χ0) is 14.6. The second kappa shape index (κ2) is 5.42. The topological polar surface area (TPSA) is 118 Å². The van der Waals surface area contributed by atoms with Crippen molar-refractivity contribution in [2.45, 2.75) is 6.18 Å². The Morgan fingerprint density at radius 1 is 1.47 bits per heavy atom. The van der Waals surface area contributed by atoms with Crippen molar-refractivity contribution in [3.63, 3.8) is 0 Å². The Kier molecular flexibility index (Phi) is 4.14. The van der Waals surface area contributed by atoms with Gasteiger partial charge in [0.1, 0.15) is 0 Å². The number of alkyl halides is 3. The third-order valence-corrected chi connectivity index (χ3v) is 1.81. The molecule has 0 aliphatic rings. The van der Waals surface area contributed by atoms with Gasteiger partial charge in [0.15, 0.2) is 18.1 Å². The number of carboxylic acid groups (broad SMARTS) is 1. The fourth-order valence-electron chi connectivity index (χ4n) is 1.05. The fourth-order valence-corrected chi connectivity index (χ4v) is 1.05. The number of aromatic nitrogens is 1. The van der Waals surface area contributed by atoms with E-state index in [2.05, 4.69) is 14.9 Å². The highest BCUT2D eigenvalue weighted by Crippen LogP contribution is 2.18. The lowest BCUT2D eigenvalue weighted by Crippen LogP contribution is -2.21. The molecule has 1 rings (SSSR count). The number of nitrogens with zero attached hydrogens (tertiary/aromatic N) is 2. The number of oxime groups is 1. The monoisotopic (exact) mass is 279 g/mol. The normalized spacial score (nSPS) is 12.3. The van der Waals surface area contributed by atoms with Crippen molar-refractivity contribution < 1.29 is 33.0 Å². The Hall–Kier alpha value is -2.52. The van der Waals surface area contributed by atoms with Gasteiger partial charge >= 0.3 is 12.1 Å². The summed E-state index contributed by atoms with van der Waals surface area (Å²) in [5.74, 6) is -2.58. The molecule has 4 N–H and O–H groups in total. The molecule has 7 nitrogen and oxygen atoms in total. The Bertz CT molecular complexity index is 516. The van der Waals surface area contributed by atoms with Gasteiger partial charge in [0.2, 0.25) is 5.88 Å². The maximum Gasteiger partial charge on any atom is 0.422 e. The molecule has 1 aromatic rings. The van der Waals surface area contributed by atoms with Gasteiger partial charge in [0, 0.05) is 11.6 Å². The van der Waals surface area contributed by atoms with E-state index in [1.54, 1.807) is 0 Å². The average Bonchev–Trinajstić information content (AvgIpc) is 2.34. The molecular weight excluding hydrogens is 271 g/mol. The highest BCUT2D eigenvalue weighted by molar-refractivity contribution is 5.99. The molecule has 10 heteroatoms. The first-order chi connectivity index (χ1) is 8.73. The Morgan fingerprint density at radius 2 is 2.11 bits per heavy atom. The van der Waals surface area contributed by atoms with Gasteiger partial charge in [-0.15, -0.1) is 0 Å². The van der Waals surface area contributed by atoms with Gasteiger partial charge in [-0.2, -0.15) is 13.2 Å². The standard InChI is InChI=1S/C9H8F3N3O4/c10-9(11,12)3-19-6-2-4(7(13)15-18)1-5(14-6)8(16)17/h1-2,18H,3H2,(H2,13,15)(H,16,17). The number of halogens is 3. The van der Waals surface area contributed by atoms with E-state index in [9.17, 15) is 18.0 Å². The molecule has 0 spiro atoms. The van der Waals surface area contributed by atoms with Crippen molar-refractivity contribution in [2.24, 2.45) is 10.9 Å². The Balaban J connectivity index is 3.10. The lowest BCUT2D eigenvalue weighted by molar-refractivity contribution is -0.154. The van der Waals surface area contributed by atoms with Gasteiger partial charge in [-0.05, 0) is 6.07 Å². The molecule has 104 valence electrons. The summed E-state index contributed by atoms with van der Waals surface area (Å²) in [5, 5.41) is 19.8. The highest BCUT2D eigenvalue weighted by Gasteiger charge is 2.29. The minimum absolute atomic E-state index is 0.132. The second-order valence-electron chi connectivity index (χ2n) is 3.27. The molecule has 1 heterocycles. The lowest BCUT2D eigenvalue weighted by atomic mass is 10.2. The number of pyridine rings is 1. The third kappa shape index (κ3) is 4.33. The van der Waals surface area contributed by atoms with E-state index in [-0.39, 0.29) is 5.56 Å². The van der Waals surface area contributed by atoms with Crippen LogP contribution in [-0.2, 0) is 0 Å². The number of rotatable bonds is 4. The summed E-state index contributed by atoms with van der Waals surface area (Å²) >= 11 is 0. The number of ether oxygens (including phenoxy) is 1. The number of nitrogens with two attached hydrogens (primary N) is 1. The Morgan fingerprint density at radius 3 is 2.58 bits per heavy atom. The van der Waals surface area contributed by atoms with E-state index in [4.69, 9.17) is 16.0 Å². The van der Waals surface area contributed by atoms with Crippen LogP contribution in [0.4, 0.5) is 13.2 Å². The predicted octanol–water partition coefficient (Wildman–Crippen LogP) is 0.815. The van der Waals surface area contributed by atoms with Crippen LogP contribution in [0.1, 0.15) is 16.1 Å². The van der Waals surface area contributed by atoms with E-state index in [0.29, 0.717) is 0 Å². The molecular formula is C9H8F3N3O4. The van der Waals surface area contributed by atoms with Crippen molar-refractivity contribution in [1.29, 1.82) is 0 Å². The summed E-state index contributed by atoms with van der Waals surface area (Å²) in [6.07, 6.45) is -4.60. The second-order valence-corrected chi connectivity index (χ2v) is 3.27. The minimum Gasteiger partial charge on any atom is -0.477 e. The minimum atomic E-state index is -4.60. The molecule has 0 unspecified atom stereocenters. The molecule has 0 aromatic carbocycles. The molecule has 0 fully saturated rings. The first kappa shape index (κ1) is 14.5. The maximum absolute atomic E-state index is 12.0. The molecule has 0 amide bonds. The van der Waals surface area contributed by atoms with Crippen LogP contribution < -0.4 is 10.5 Å². The fraction of sp³-hybridized carbons (Fsp3) is 0.222. The summed E-state index contributed by atoms with van der Waals surface area (Å²) < 4.78 is 40.2. The molecule has 0 saturated heterocycles. The van der Waals surface area contributed by atoms with Gasteiger partial charge in [0.05, 0.1) is 0 Å². The molecule has 0 atom stereocenters. The molecule has 0 bridgehead atoms. The zero-order valence-corrected chi connectivity index (χ0v) is 9.18. The lowest BCUT2D eigenvalue weighted by Gasteiger charge is -2.10. The van der Waals surface area contributed by atoms with Crippen molar-refractivity contribution in [1.82, 2.24) is 4.98 Å². The quantitative estimate of drug-likeness (QED) is 0.325. The van der Waals surface area contributed by atoms with Crippen molar-refractivity contribution in [3.05, 3.63) is 23.4 Å². The van der Waals surface area contributed by atoms with Crippen molar-refractivity contribution >= 4 is 11.8 Å². The zero-order valence-electron chi connectivity index (χ0n) is 9.18. The van der Waals surface area contributed by atoms with Crippen LogP contribution >= 0.6 is 0 Å². The van der Waals surface area contributed by atoms with Gasteiger partial charge in [0.25, 0.3) is 0 Å². The van der Waals surface area contributed by atoms with Gasteiger partial charge in [-0.3, -0.25) is 0 Å². The van der Waals surface area contributed by atoms with Crippen LogP contribution in [-0.4, -0.2) is 39.9 Å². The number of hydrogen-bond donors (Lipinski definition) is 3. The number of aromatic carboxylic acids is 1. The third-order valence-electron chi connectivity index (χ3n) is 1.81. The summed E-state index contributed by atoms with van der Waals surface area (Å²) in [7, 11) is 0. The number of carboxylic acids is 1. The molecule has 0 saturated carbocycles. The largest absolute Gasteiger partial charge is 0.477 e. The average molecular weight is 279 g/mol. The van der Waals surface area contributed by atoms with Crippen molar-refractivity contribution in [3.8, 4) is 5.88 Å². The summed E-state index contributed by atoms with van der Waals surface area (Å²) in [6.45, 7) is -1.64. The van der Waals surface area contributed by atoms with Crippen LogP contribution in [0.5, 0.6) is 5.88 Å². The first-order valence-corrected chi connectivity index (χ1v) is 4.66. The van der Waals surface area contributed by atoms with Crippen LogP contribution in [0.25, 0.3) is 0 Å². The first-order valence-electron chi connectivity index (χ1n) is 4.66. The number of carbonyl (C=O) groups is 1. The van der Waals surface area contributed by atoms with Gasteiger partial charge in [-0.25, -0.2) is 9.78 Å². The molecule has 0 aliphatic heterocycles. The smallest absolute Gasteiger partial charge is 0.422 e. The molecule has 0 radical (unpaired) electrons. The SMILES string of the molecule is N/C(=N\O)c1cc(OCC(F)(F)F)nc(C(=O)O)c1. The van der Waals surface area contributed by atoms with E-state index in [1.807, 2.05) is 0 Å². The molecule has 1 aromatic heterocycles. The molecule has 19 heavy (non-hydrogen) atoms. The van der Waals surface area contributed by atoms with Gasteiger partial charge < -0.3 is 20.8 Å². The van der Waals surface area contributed by atoms with Crippen molar-refractivity contribution in [2.75, 3.05) is 6.61 Å². The highest BCUT2D eigenvalue weighted by atomic mass is 19.4. The van der Waals surface area contributed by atoms with E-state index in [0.717, 1.165) is 12.1 Å². The number of amidine groups is 1. The van der Waals surface area contributed by atoms with E-state index >= 15 is 0 Å². The van der Waals surface area contributed by atoms with Gasteiger partial charge in [-0.1, -0.05) is 5.16 Å². The predicted molar refractivity (Wildman–Crippen MR) is 55.3 cm³/mol. The van der Waals surface area contributed by atoms with Crippen LogP contribution in [0.15, 0.2) is 17.3 Å². The van der Waals surface area contributed by atoms with E-state index in [1.165, 1.54) is 0 Å². The summed E-state index contributed by atoms with van der Waals surface area (Å²) in [5.41, 5.74) is 4.49. The molecule has 0 aliphatic carbocycles. The van der Waals surface area contributed by atoms with Crippen LogP contribution in [0.3, 0.4) is 0 Å². The number of hydrogen-bond acceptors (Lipinski definition) is 5. The summed E-state index contributed by atoms with van der Waals surface area (Å²) in [4.78, 5) is 14.1. The van der Waals surface area contributed by atoms with E-state index < -0.39 is 36.2 Å². The summed E-state index contributed by atoms with van der Waals surface area (Å²) in [6, 6.07) is 1.85. The van der Waals surface area contributed by atoms with Crippen LogP contribution in [0.2, 0.25) is 0 Å².